The van der Waals surface area contributed by atoms with Gasteiger partial charge in [0.2, 0.25) is 0 Å². The Morgan fingerprint density at radius 1 is 0.886 bits per heavy atom. The standard InChI is InChI=1S/C22H14Cl2F3N5O3/c23-14-5-1-12(2-6-14)18-17(29-10-15(24)9-28-29)11-30-21(35)31(19(33)20(34)32(18)30)16-7-3-13(4-8-16)22(25,26)27/h1-10,17-18H,11H2. The highest BCUT2D eigenvalue weighted by Crippen LogP contribution is 2.35. The molecule has 13 heteroatoms. The van der Waals surface area contributed by atoms with E-state index in [1.165, 1.54) is 17.1 Å². The summed E-state index contributed by atoms with van der Waals surface area (Å²) in [6, 6.07) is 8.55. The number of halogens is 5. The van der Waals surface area contributed by atoms with Crippen molar-refractivity contribution in [1.82, 2.24) is 23.7 Å². The summed E-state index contributed by atoms with van der Waals surface area (Å²) in [5, 5.41) is 4.99. The molecule has 1 aliphatic heterocycles. The second kappa shape index (κ2) is 8.28. The lowest BCUT2D eigenvalue weighted by atomic mass is 10.0. The molecule has 0 radical (unpaired) electrons. The Morgan fingerprint density at radius 3 is 2.11 bits per heavy atom. The molecule has 0 fully saturated rings. The smallest absolute Gasteiger partial charge is 0.264 e. The van der Waals surface area contributed by atoms with Crippen molar-refractivity contribution in [3.05, 3.63) is 113 Å². The fourth-order valence-electron chi connectivity index (χ4n) is 4.26. The molecule has 2 unspecified atom stereocenters. The van der Waals surface area contributed by atoms with Crippen LogP contribution in [0.1, 0.15) is 23.2 Å². The van der Waals surface area contributed by atoms with E-state index in [9.17, 15) is 27.6 Å². The fourth-order valence-corrected chi connectivity index (χ4v) is 4.52. The van der Waals surface area contributed by atoms with Gasteiger partial charge in [0.05, 0.1) is 35.1 Å². The largest absolute Gasteiger partial charge is 0.416 e. The molecule has 8 nitrogen and oxygen atoms in total. The minimum absolute atomic E-state index is 0.0553. The van der Waals surface area contributed by atoms with Gasteiger partial charge in [0.25, 0.3) is 0 Å². The average molecular weight is 524 g/mol. The van der Waals surface area contributed by atoms with Crippen molar-refractivity contribution in [2.24, 2.45) is 0 Å². The SMILES string of the molecule is O=c1c(=O)n2n(c(=O)n1-c1ccc(C(F)(F)F)cc1)CC(n1cc(Cl)cn1)C2c1ccc(Cl)cc1. The van der Waals surface area contributed by atoms with E-state index in [2.05, 4.69) is 5.10 Å². The van der Waals surface area contributed by atoms with E-state index in [-0.39, 0.29) is 12.2 Å². The summed E-state index contributed by atoms with van der Waals surface area (Å²) in [6.07, 6.45) is -1.67. The first kappa shape index (κ1) is 23.2. The van der Waals surface area contributed by atoms with E-state index in [4.69, 9.17) is 23.2 Å². The van der Waals surface area contributed by atoms with E-state index >= 15 is 0 Å². The van der Waals surface area contributed by atoms with E-state index in [1.807, 2.05) is 0 Å². The molecule has 2 atom stereocenters. The molecule has 0 bridgehead atoms. The first-order valence-electron chi connectivity index (χ1n) is 10.2. The van der Waals surface area contributed by atoms with Crippen molar-refractivity contribution in [3.8, 4) is 5.69 Å². The highest BCUT2D eigenvalue weighted by molar-refractivity contribution is 6.30. The van der Waals surface area contributed by atoms with Crippen molar-refractivity contribution in [2.45, 2.75) is 24.8 Å². The third-order valence-corrected chi connectivity index (χ3v) is 6.28. The molecule has 5 rings (SSSR count). The predicted molar refractivity (Wildman–Crippen MR) is 121 cm³/mol. The van der Waals surface area contributed by atoms with Crippen LogP contribution in [0.2, 0.25) is 10.0 Å². The van der Waals surface area contributed by atoms with Crippen LogP contribution in [0.4, 0.5) is 13.2 Å². The predicted octanol–water partition coefficient (Wildman–Crippen LogP) is 3.53. The second-order valence-electron chi connectivity index (χ2n) is 7.90. The number of hydrogen-bond acceptors (Lipinski definition) is 4. The normalized spacial score (nSPS) is 17.5. The topological polar surface area (TPSA) is 83.8 Å². The monoisotopic (exact) mass is 523 g/mol. The van der Waals surface area contributed by atoms with Gasteiger partial charge >= 0.3 is 23.0 Å². The molecule has 1 aliphatic rings. The lowest BCUT2D eigenvalue weighted by molar-refractivity contribution is -0.137. The first-order chi connectivity index (χ1) is 16.6. The zero-order chi connectivity index (χ0) is 25.1. The number of alkyl halides is 3. The molecule has 0 saturated heterocycles. The van der Waals surface area contributed by atoms with Gasteiger partial charge in [0.15, 0.2) is 0 Å². The number of fused-ring (bicyclic) bond motifs is 1. The Morgan fingerprint density at radius 2 is 1.54 bits per heavy atom. The van der Waals surface area contributed by atoms with Crippen molar-refractivity contribution in [2.75, 3.05) is 0 Å². The summed E-state index contributed by atoms with van der Waals surface area (Å²) >= 11 is 12.0. The molecule has 2 aromatic heterocycles. The summed E-state index contributed by atoms with van der Waals surface area (Å²) in [6.45, 7) is -0.0553. The number of benzene rings is 2. The maximum atomic E-state index is 13.4. The summed E-state index contributed by atoms with van der Waals surface area (Å²) < 4.78 is 43.0. The molecule has 35 heavy (non-hydrogen) atoms. The molecule has 0 amide bonds. The van der Waals surface area contributed by atoms with Gasteiger partial charge in [-0.2, -0.15) is 18.3 Å². The van der Waals surface area contributed by atoms with Gasteiger partial charge in [-0.15, -0.1) is 0 Å². The zero-order valence-corrected chi connectivity index (χ0v) is 19.0. The van der Waals surface area contributed by atoms with Gasteiger partial charge in [-0.05, 0) is 42.0 Å². The van der Waals surface area contributed by atoms with Crippen LogP contribution in [0.3, 0.4) is 0 Å². The van der Waals surface area contributed by atoms with E-state index < -0.39 is 40.6 Å². The summed E-state index contributed by atoms with van der Waals surface area (Å²) in [4.78, 5) is 39.7. The van der Waals surface area contributed by atoms with Gasteiger partial charge in [-0.3, -0.25) is 14.3 Å². The lowest BCUT2D eigenvalue weighted by Gasteiger charge is -2.21. The van der Waals surface area contributed by atoms with Crippen LogP contribution >= 0.6 is 23.2 Å². The molecule has 180 valence electrons. The van der Waals surface area contributed by atoms with Crippen LogP contribution in [0, 0.1) is 0 Å². The molecule has 0 N–H and O–H groups in total. The summed E-state index contributed by atoms with van der Waals surface area (Å²) in [5.41, 5.74) is -3.62. The minimum Gasteiger partial charge on any atom is -0.264 e. The molecule has 0 saturated carbocycles. The molecule has 4 aromatic rings. The average Bonchev–Trinajstić information content (AvgIpc) is 3.42. The first-order valence-corrected chi connectivity index (χ1v) is 10.9. The van der Waals surface area contributed by atoms with Crippen LogP contribution < -0.4 is 16.8 Å². The second-order valence-corrected chi connectivity index (χ2v) is 8.77. The molecule has 0 spiro atoms. The molecular formula is C22H14Cl2F3N5O3. The van der Waals surface area contributed by atoms with Crippen LogP contribution in [0.25, 0.3) is 5.69 Å². The Bertz CT molecular complexity index is 1600. The van der Waals surface area contributed by atoms with E-state index in [1.54, 1.807) is 24.3 Å². The van der Waals surface area contributed by atoms with Gasteiger partial charge in [0, 0.05) is 11.2 Å². The van der Waals surface area contributed by atoms with Gasteiger partial charge in [-0.25, -0.2) is 18.7 Å². The van der Waals surface area contributed by atoms with Crippen LogP contribution in [0.15, 0.2) is 75.3 Å². The maximum Gasteiger partial charge on any atom is 0.416 e. The Labute approximate surface area is 204 Å². The fraction of sp³-hybridized carbons (Fsp3) is 0.182. The summed E-state index contributed by atoms with van der Waals surface area (Å²) in [7, 11) is 0. The molecule has 2 aromatic carbocycles. The number of nitrogens with zero attached hydrogens (tertiary/aromatic N) is 5. The number of rotatable bonds is 3. The van der Waals surface area contributed by atoms with Crippen molar-refractivity contribution in [1.29, 1.82) is 0 Å². The third-order valence-electron chi connectivity index (χ3n) is 5.83. The minimum atomic E-state index is -4.60. The Hall–Kier alpha value is -3.57. The lowest BCUT2D eigenvalue weighted by Crippen LogP contribution is -2.52. The van der Waals surface area contributed by atoms with Gasteiger partial charge < -0.3 is 0 Å². The van der Waals surface area contributed by atoms with Crippen molar-refractivity contribution >= 4 is 23.2 Å². The highest BCUT2D eigenvalue weighted by atomic mass is 35.5. The molecule has 0 aliphatic carbocycles. The van der Waals surface area contributed by atoms with Gasteiger partial charge in [-0.1, -0.05) is 35.3 Å². The molecule has 3 heterocycles. The van der Waals surface area contributed by atoms with Crippen LogP contribution in [-0.2, 0) is 12.7 Å². The third kappa shape index (κ3) is 3.90. The van der Waals surface area contributed by atoms with Crippen molar-refractivity contribution < 1.29 is 13.2 Å². The van der Waals surface area contributed by atoms with E-state index in [0.717, 1.165) is 33.6 Å². The van der Waals surface area contributed by atoms with E-state index in [0.29, 0.717) is 20.2 Å². The highest BCUT2D eigenvalue weighted by Gasteiger charge is 2.39. The molecular weight excluding hydrogens is 510 g/mol. The van der Waals surface area contributed by atoms with Gasteiger partial charge in [0.1, 0.15) is 6.04 Å². The van der Waals surface area contributed by atoms with Crippen LogP contribution in [-0.4, -0.2) is 23.7 Å². The van der Waals surface area contributed by atoms with Crippen LogP contribution in [0.5, 0.6) is 0 Å². The number of hydrogen-bond donors (Lipinski definition) is 0. The Kier molecular flexibility index (Phi) is 5.48. The Balaban J connectivity index is 1.72. The van der Waals surface area contributed by atoms with Crippen molar-refractivity contribution in [3.63, 3.8) is 0 Å². The summed E-state index contributed by atoms with van der Waals surface area (Å²) in [5.74, 6) is 0. The number of aromatic nitrogens is 5. The maximum absolute atomic E-state index is 13.4. The zero-order valence-electron chi connectivity index (χ0n) is 17.5. The quantitative estimate of drug-likeness (QED) is 0.384.